The number of amides is 1. The van der Waals surface area contributed by atoms with Crippen LogP contribution in [0.25, 0.3) is 0 Å². The van der Waals surface area contributed by atoms with E-state index in [1.807, 2.05) is 6.92 Å². The van der Waals surface area contributed by atoms with Crippen LogP contribution in [-0.4, -0.2) is 25.7 Å². The molecule has 1 unspecified atom stereocenters. The molecule has 1 atom stereocenters. The largest absolute Gasteiger partial charge is 0.493 e. The van der Waals surface area contributed by atoms with Gasteiger partial charge in [0.15, 0.2) is 11.5 Å². The topological polar surface area (TPSA) is 47.6 Å². The molecule has 4 nitrogen and oxygen atoms in total. The van der Waals surface area contributed by atoms with Gasteiger partial charge in [0.05, 0.1) is 7.11 Å². The van der Waals surface area contributed by atoms with E-state index in [1.165, 1.54) is 25.3 Å². The highest BCUT2D eigenvalue weighted by Gasteiger charge is 2.15. The number of hydrogen-bond donors (Lipinski definition) is 1. The zero-order valence-electron chi connectivity index (χ0n) is 14.1. The van der Waals surface area contributed by atoms with Crippen LogP contribution in [-0.2, 0) is 0 Å². The van der Waals surface area contributed by atoms with Crippen LogP contribution in [0.5, 0.6) is 11.5 Å². The van der Waals surface area contributed by atoms with Gasteiger partial charge in [-0.1, -0.05) is 26.7 Å². The number of hydrogen-bond acceptors (Lipinski definition) is 3. The third-order valence-corrected chi connectivity index (χ3v) is 3.44. The highest BCUT2D eigenvalue weighted by atomic mass is 19.3. The summed E-state index contributed by atoms with van der Waals surface area (Å²) in [5.41, 5.74) is 0.346. The van der Waals surface area contributed by atoms with Crippen LogP contribution < -0.4 is 14.8 Å². The van der Waals surface area contributed by atoms with Crippen molar-refractivity contribution in [2.45, 2.75) is 52.7 Å². The fourth-order valence-corrected chi connectivity index (χ4v) is 2.21. The lowest BCUT2D eigenvalue weighted by molar-refractivity contribution is -0.0512. The van der Waals surface area contributed by atoms with E-state index in [0.717, 1.165) is 19.3 Å². The molecule has 0 aliphatic heterocycles. The average molecular weight is 329 g/mol. The number of alkyl halides is 2. The molecule has 1 amide bonds. The molecule has 1 aromatic rings. The third-order valence-electron chi connectivity index (χ3n) is 3.44. The van der Waals surface area contributed by atoms with Crippen LogP contribution >= 0.6 is 0 Å². The smallest absolute Gasteiger partial charge is 0.387 e. The molecule has 0 radical (unpaired) electrons. The minimum Gasteiger partial charge on any atom is -0.493 e. The molecular weight excluding hydrogens is 304 g/mol. The summed E-state index contributed by atoms with van der Waals surface area (Å²) in [5.74, 6) is 0.392. The van der Waals surface area contributed by atoms with E-state index in [1.54, 1.807) is 0 Å². The lowest BCUT2D eigenvalue weighted by Gasteiger charge is -2.16. The Hall–Kier alpha value is -1.85. The van der Waals surface area contributed by atoms with E-state index < -0.39 is 6.61 Å². The summed E-state index contributed by atoms with van der Waals surface area (Å²) in [4.78, 5) is 12.2. The fraction of sp³-hybridized carbons (Fsp3) is 0.588. The van der Waals surface area contributed by atoms with Crippen LogP contribution in [0.2, 0.25) is 0 Å². The van der Waals surface area contributed by atoms with Crippen molar-refractivity contribution in [1.29, 1.82) is 0 Å². The van der Waals surface area contributed by atoms with Crippen molar-refractivity contribution in [3.05, 3.63) is 23.8 Å². The molecule has 0 fully saturated rings. The molecule has 0 spiro atoms. The molecule has 23 heavy (non-hydrogen) atoms. The van der Waals surface area contributed by atoms with E-state index in [0.29, 0.717) is 11.5 Å². The molecule has 1 aromatic carbocycles. The predicted octanol–water partition coefficient (Wildman–Crippen LogP) is 4.24. The maximum absolute atomic E-state index is 12.3. The number of halogens is 2. The zero-order valence-corrected chi connectivity index (χ0v) is 14.1. The Kier molecular flexibility index (Phi) is 7.78. The van der Waals surface area contributed by atoms with Crippen molar-refractivity contribution in [3.63, 3.8) is 0 Å². The van der Waals surface area contributed by atoms with E-state index in [9.17, 15) is 13.6 Å². The first-order valence-corrected chi connectivity index (χ1v) is 7.77. The third kappa shape index (κ3) is 6.84. The molecule has 0 saturated heterocycles. The van der Waals surface area contributed by atoms with Gasteiger partial charge in [-0.3, -0.25) is 4.79 Å². The van der Waals surface area contributed by atoms with Crippen LogP contribution in [0, 0.1) is 5.92 Å². The van der Waals surface area contributed by atoms with E-state index in [2.05, 4.69) is 23.9 Å². The van der Waals surface area contributed by atoms with Gasteiger partial charge < -0.3 is 14.8 Å². The zero-order chi connectivity index (χ0) is 17.4. The van der Waals surface area contributed by atoms with Gasteiger partial charge in [-0.15, -0.1) is 0 Å². The lowest BCUT2D eigenvalue weighted by Crippen LogP contribution is -2.32. The summed E-state index contributed by atoms with van der Waals surface area (Å²) in [6.45, 7) is 3.34. The summed E-state index contributed by atoms with van der Waals surface area (Å²) in [5, 5.41) is 2.90. The fourth-order valence-electron chi connectivity index (χ4n) is 2.21. The van der Waals surface area contributed by atoms with Gasteiger partial charge in [0.1, 0.15) is 0 Å². The maximum atomic E-state index is 12.3. The molecule has 0 bridgehead atoms. The second-order valence-corrected chi connectivity index (χ2v) is 5.94. The maximum Gasteiger partial charge on any atom is 0.387 e. The lowest BCUT2D eigenvalue weighted by atomic mass is 10.0. The highest BCUT2D eigenvalue weighted by molar-refractivity contribution is 5.95. The van der Waals surface area contributed by atoms with Gasteiger partial charge in [-0.25, -0.2) is 0 Å². The predicted molar refractivity (Wildman–Crippen MR) is 85.2 cm³/mol. The minimum absolute atomic E-state index is 0.0456. The molecule has 0 aliphatic rings. The Bertz CT molecular complexity index is 507. The number of ether oxygens (including phenoxy) is 2. The van der Waals surface area contributed by atoms with Gasteiger partial charge in [0.2, 0.25) is 0 Å². The molecule has 0 saturated carbocycles. The Morgan fingerprint density at radius 3 is 2.43 bits per heavy atom. The highest BCUT2D eigenvalue weighted by Crippen LogP contribution is 2.29. The van der Waals surface area contributed by atoms with Crippen molar-refractivity contribution in [3.8, 4) is 11.5 Å². The Morgan fingerprint density at radius 1 is 1.17 bits per heavy atom. The number of carbonyl (C=O) groups excluding carboxylic acids is 1. The number of carbonyl (C=O) groups is 1. The van der Waals surface area contributed by atoms with Crippen LogP contribution in [0.4, 0.5) is 8.78 Å². The molecule has 1 N–H and O–H groups in total. The Morgan fingerprint density at radius 2 is 1.87 bits per heavy atom. The van der Waals surface area contributed by atoms with Crippen LogP contribution in [0.3, 0.4) is 0 Å². The number of nitrogens with one attached hydrogen (secondary N) is 1. The SMILES string of the molecule is COc1cc(C(=O)NC(C)CCCC(C)C)ccc1OC(F)F. The summed E-state index contributed by atoms with van der Waals surface area (Å²) >= 11 is 0. The summed E-state index contributed by atoms with van der Waals surface area (Å²) < 4.78 is 33.9. The number of benzene rings is 1. The standard InChI is InChI=1S/C17H25F2NO3/c1-11(2)6-5-7-12(3)20-16(21)13-8-9-14(23-17(18)19)15(10-13)22-4/h8-12,17H,5-7H2,1-4H3,(H,20,21). The molecule has 0 aromatic heterocycles. The second kappa shape index (κ2) is 9.33. The molecule has 1 rings (SSSR count). The van der Waals surface area contributed by atoms with Crippen molar-refractivity contribution < 1.29 is 23.0 Å². The van der Waals surface area contributed by atoms with Crippen LogP contribution in [0.1, 0.15) is 50.4 Å². The summed E-state index contributed by atoms with van der Waals surface area (Å²) in [6.07, 6.45) is 3.06. The molecule has 0 aliphatic carbocycles. The van der Waals surface area contributed by atoms with E-state index >= 15 is 0 Å². The molecular formula is C17H25F2NO3. The van der Waals surface area contributed by atoms with Crippen molar-refractivity contribution in [1.82, 2.24) is 5.32 Å². The summed E-state index contributed by atoms with van der Waals surface area (Å²) in [6, 6.07) is 4.19. The Labute approximate surface area is 136 Å². The van der Waals surface area contributed by atoms with Gasteiger partial charge in [0.25, 0.3) is 5.91 Å². The first-order valence-electron chi connectivity index (χ1n) is 7.77. The van der Waals surface area contributed by atoms with Crippen molar-refractivity contribution >= 4 is 5.91 Å². The minimum atomic E-state index is -2.94. The van der Waals surface area contributed by atoms with E-state index in [-0.39, 0.29) is 23.4 Å². The van der Waals surface area contributed by atoms with Gasteiger partial charge >= 0.3 is 6.61 Å². The van der Waals surface area contributed by atoms with Gasteiger partial charge in [0, 0.05) is 11.6 Å². The quantitative estimate of drug-likeness (QED) is 0.737. The summed E-state index contributed by atoms with van der Waals surface area (Å²) in [7, 11) is 1.34. The van der Waals surface area contributed by atoms with Gasteiger partial charge in [-0.2, -0.15) is 8.78 Å². The number of methoxy groups -OCH3 is 1. The van der Waals surface area contributed by atoms with Crippen molar-refractivity contribution in [2.24, 2.45) is 5.92 Å². The Balaban J connectivity index is 2.65. The van der Waals surface area contributed by atoms with Crippen LogP contribution in [0.15, 0.2) is 18.2 Å². The number of rotatable bonds is 9. The first kappa shape index (κ1) is 19.2. The van der Waals surface area contributed by atoms with Crippen molar-refractivity contribution in [2.75, 3.05) is 7.11 Å². The molecule has 0 heterocycles. The monoisotopic (exact) mass is 329 g/mol. The first-order chi connectivity index (χ1) is 10.8. The molecule has 6 heteroatoms. The van der Waals surface area contributed by atoms with E-state index in [4.69, 9.17) is 4.74 Å². The molecule has 130 valence electrons. The van der Waals surface area contributed by atoms with Gasteiger partial charge in [-0.05, 0) is 37.5 Å². The average Bonchev–Trinajstić information content (AvgIpc) is 2.46. The second-order valence-electron chi connectivity index (χ2n) is 5.94. The normalized spacial score (nSPS) is 12.3.